The van der Waals surface area contributed by atoms with Gasteiger partial charge in [-0.15, -0.1) is 11.3 Å². The normalized spacial score (nSPS) is 12.0. The van der Waals surface area contributed by atoms with Gasteiger partial charge in [0, 0.05) is 26.2 Å². The number of aromatic nitrogens is 2. The molecule has 42 heavy (non-hydrogen) atoms. The van der Waals surface area contributed by atoms with Gasteiger partial charge < -0.3 is 0 Å². The number of rotatable bonds is 1. The molecule has 3 aromatic heterocycles. The van der Waals surface area contributed by atoms with Gasteiger partial charge in [-0.3, -0.25) is 0 Å². The van der Waals surface area contributed by atoms with E-state index in [1.165, 1.54) is 86.0 Å². The van der Waals surface area contributed by atoms with Crippen LogP contribution in [-0.2, 0) is 7.05 Å². The summed E-state index contributed by atoms with van der Waals surface area (Å²) in [7, 11) is 2.23. The minimum atomic E-state index is 1.20. The maximum atomic E-state index is 2.55. The molecular weight excluding hydrogens is 529 g/mol. The minimum absolute atomic E-state index is 1.20. The monoisotopic (exact) mass is 555 g/mol. The van der Waals surface area contributed by atoms with Crippen LogP contribution in [0.4, 0.5) is 0 Å². The fourth-order valence-electron chi connectivity index (χ4n) is 7.11. The average molecular weight is 556 g/mol. The Morgan fingerprint density at radius 1 is 0.524 bits per heavy atom. The second-order valence-electron chi connectivity index (χ2n) is 11.2. The maximum absolute atomic E-state index is 2.55. The summed E-state index contributed by atoms with van der Waals surface area (Å²) < 4.78 is 7.63. The van der Waals surface area contributed by atoms with E-state index in [1.54, 1.807) is 0 Å². The van der Waals surface area contributed by atoms with Gasteiger partial charge in [0.2, 0.25) is 0 Å². The summed E-state index contributed by atoms with van der Waals surface area (Å²) in [6.07, 6.45) is 0. The molecule has 3 heteroatoms. The van der Waals surface area contributed by atoms with Crippen LogP contribution in [0.5, 0.6) is 0 Å². The zero-order valence-electron chi connectivity index (χ0n) is 23.4. The van der Waals surface area contributed by atoms with E-state index in [4.69, 9.17) is 0 Å². The number of imidazole rings is 1. The highest BCUT2D eigenvalue weighted by molar-refractivity contribution is 7.26. The molecule has 0 radical (unpaired) electrons. The van der Waals surface area contributed by atoms with E-state index in [-0.39, 0.29) is 0 Å². The molecule has 0 atom stereocenters. The second-order valence-corrected chi connectivity index (χ2v) is 12.3. The number of fused-ring (bicyclic) bond motifs is 10. The van der Waals surface area contributed by atoms with E-state index in [0.29, 0.717) is 0 Å². The Bertz CT molecular complexity index is 2600. The fraction of sp³-hybridized carbons (Fsp3) is 0.0513. The Morgan fingerprint density at radius 2 is 1.10 bits per heavy atom. The van der Waals surface area contributed by atoms with Crippen molar-refractivity contribution in [1.29, 1.82) is 0 Å². The van der Waals surface area contributed by atoms with Crippen LogP contribution in [0.3, 0.4) is 0 Å². The van der Waals surface area contributed by atoms with Crippen molar-refractivity contribution in [3.05, 3.63) is 133 Å². The summed E-state index contributed by atoms with van der Waals surface area (Å²) in [4.78, 5) is 0. The molecule has 0 N–H and O–H groups in total. The third-order valence-electron chi connectivity index (χ3n) is 8.98. The standard InChI is InChI=1S/C39H27N2S/c1-24-22-23-32-30-17-8-10-21-35(30)42-38(32)36(24)39-40(2)34-20-11-18-31-28-15-6-4-13-26(28)25-12-3-5-14-27(25)29-16-7-9-19-33(29)41(39)37(31)34/h3-23H,1-2H3/q+1. The number of hydrogen-bond acceptors (Lipinski definition) is 1. The molecule has 9 aromatic rings. The first-order valence-corrected chi connectivity index (χ1v) is 15.3. The van der Waals surface area contributed by atoms with Gasteiger partial charge in [-0.25, -0.2) is 4.57 Å². The van der Waals surface area contributed by atoms with Gasteiger partial charge in [0.25, 0.3) is 5.82 Å². The molecule has 0 aliphatic heterocycles. The van der Waals surface area contributed by atoms with Crippen LogP contribution in [0.15, 0.2) is 127 Å². The first-order chi connectivity index (χ1) is 20.7. The van der Waals surface area contributed by atoms with Gasteiger partial charge in [0.15, 0.2) is 11.0 Å². The number of hydrogen-bond donors (Lipinski definition) is 0. The lowest BCUT2D eigenvalue weighted by Crippen LogP contribution is -2.29. The number of nitrogens with zero attached hydrogens (tertiary/aromatic N) is 2. The summed E-state index contributed by atoms with van der Waals surface area (Å²) in [5, 5.41) is 10.2. The van der Waals surface area contributed by atoms with Gasteiger partial charge in [0.1, 0.15) is 5.52 Å². The molecule has 3 heterocycles. The van der Waals surface area contributed by atoms with Crippen molar-refractivity contribution < 1.29 is 4.57 Å². The fourth-order valence-corrected chi connectivity index (χ4v) is 8.40. The number of thiophene rings is 1. The largest absolute Gasteiger partial charge is 0.296 e. The highest BCUT2D eigenvalue weighted by atomic mass is 32.1. The molecule has 0 aliphatic carbocycles. The molecule has 0 aliphatic rings. The molecule has 9 rings (SSSR count). The molecule has 0 saturated carbocycles. The van der Waals surface area contributed by atoms with Gasteiger partial charge in [-0.1, -0.05) is 103 Å². The number of benzene rings is 6. The maximum Gasteiger partial charge on any atom is 0.296 e. The summed E-state index contributed by atoms with van der Waals surface area (Å²) >= 11 is 1.90. The van der Waals surface area contributed by atoms with Crippen LogP contribution >= 0.6 is 11.3 Å². The number of aryl methyl sites for hydroxylation is 2. The lowest BCUT2D eigenvalue weighted by atomic mass is 10.0. The SMILES string of the molecule is Cc1ccc2c(sc3ccccc32)c1-c1n2c3ccccc3c3ccccc3c3ccccc3c3cccc(c32)[n+]1C. The molecule has 198 valence electrons. The van der Waals surface area contributed by atoms with Crippen molar-refractivity contribution in [2.75, 3.05) is 0 Å². The highest BCUT2D eigenvalue weighted by Gasteiger charge is 2.29. The Morgan fingerprint density at radius 3 is 1.83 bits per heavy atom. The molecule has 0 fully saturated rings. The highest BCUT2D eigenvalue weighted by Crippen LogP contribution is 2.43. The van der Waals surface area contributed by atoms with Crippen LogP contribution < -0.4 is 4.57 Å². The van der Waals surface area contributed by atoms with E-state index in [9.17, 15) is 0 Å². The molecule has 2 nitrogen and oxygen atoms in total. The molecule has 0 spiro atoms. The smallest absolute Gasteiger partial charge is 0.225 e. The zero-order valence-corrected chi connectivity index (χ0v) is 24.2. The predicted octanol–water partition coefficient (Wildman–Crippen LogP) is 10.3. The van der Waals surface area contributed by atoms with Crippen LogP contribution in [-0.4, -0.2) is 4.40 Å². The van der Waals surface area contributed by atoms with Gasteiger partial charge in [0.05, 0.1) is 17.3 Å². The second kappa shape index (κ2) is 8.75. The van der Waals surface area contributed by atoms with Gasteiger partial charge in [-0.2, -0.15) is 4.40 Å². The Kier molecular flexibility index (Phi) is 4.94. The molecule has 0 amide bonds. The third kappa shape index (κ3) is 3.12. The minimum Gasteiger partial charge on any atom is -0.225 e. The van der Waals surface area contributed by atoms with E-state index < -0.39 is 0 Å². The molecule has 0 saturated heterocycles. The van der Waals surface area contributed by atoms with Crippen LogP contribution in [0.1, 0.15) is 5.56 Å². The molecule has 0 unspecified atom stereocenters. The predicted molar refractivity (Wildman–Crippen MR) is 180 cm³/mol. The van der Waals surface area contributed by atoms with Gasteiger partial charge in [-0.05, 0) is 58.3 Å². The van der Waals surface area contributed by atoms with E-state index >= 15 is 0 Å². The Balaban J connectivity index is 1.66. The third-order valence-corrected chi connectivity index (χ3v) is 10.2. The Labute approximate surface area is 247 Å². The molecular formula is C39H27N2S+. The van der Waals surface area contributed by atoms with Crippen molar-refractivity contribution in [3.63, 3.8) is 0 Å². The zero-order chi connectivity index (χ0) is 27.9. The van der Waals surface area contributed by atoms with Crippen molar-refractivity contribution in [2.45, 2.75) is 6.92 Å². The Hall–Kier alpha value is -4.99. The molecule has 0 bridgehead atoms. The van der Waals surface area contributed by atoms with Gasteiger partial charge >= 0.3 is 0 Å². The first kappa shape index (κ1) is 23.7. The van der Waals surface area contributed by atoms with Crippen molar-refractivity contribution in [1.82, 2.24) is 4.40 Å². The van der Waals surface area contributed by atoms with E-state index in [1.807, 2.05) is 11.3 Å². The van der Waals surface area contributed by atoms with Crippen LogP contribution in [0, 0.1) is 6.92 Å². The number of para-hydroxylation sites is 2. The van der Waals surface area contributed by atoms with Crippen LogP contribution in [0.25, 0.3) is 80.4 Å². The van der Waals surface area contributed by atoms with Crippen molar-refractivity contribution in [3.8, 4) is 11.4 Å². The summed E-state index contributed by atoms with van der Waals surface area (Å²) in [6, 6.07) is 46.9. The van der Waals surface area contributed by atoms with Crippen LogP contribution in [0.2, 0.25) is 0 Å². The van der Waals surface area contributed by atoms with E-state index in [0.717, 1.165) is 0 Å². The van der Waals surface area contributed by atoms with Crippen molar-refractivity contribution in [2.24, 2.45) is 7.05 Å². The average Bonchev–Trinajstić information content (AvgIpc) is 3.56. The molecule has 6 aromatic carbocycles. The quantitative estimate of drug-likeness (QED) is 0.178. The lowest BCUT2D eigenvalue weighted by molar-refractivity contribution is -0.633. The van der Waals surface area contributed by atoms with Crippen molar-refractivity contribution >= 4 is 80.4 Å². The summed E-state index contributed by atoms with van der Waals surface area (Å²) in [5.74, 6) is 1.21. The summed E-state index contributed by atoms with van der Waals surface area (Å²) in [5.41, 5.74) is 6.23. The topological polar surface area (TPSA) is 8.29 Å². The summed E-state index contributed by atoms with van der Waals surface area (Å²) in [6.45, 7) is 2.26. The lowest BCUT2D eigenvalue weighted by Gasteiger charge is -2.06. The first-order valence-electron chi connectivity index (χ1n) is 14.4. The van der Waals surface area contributed by atoms with E-state index in [2.05, 4.69) is 150 Å².